The molecule has 1 aliphatic heterocycles. The molecule has 0 bridgehead atoms. The lowest BCUT2D eigenvalue weighted by molar-refractivity contribution is -0.143. The minimum Gasteiger partial charge on any atom is -0.339 e. The van der Waals surface area contributed by atoms with Crippen molar-refractivity contribution in [3.8, 4) is 5.69 Å². The van der Waals surface area contributed by atoms with Crippen molar-refractivity contribution in [1.29, 1.82) is 0 Å². The van der Waals surface area contributed by atoms with Crippen LogP contribution in [-0.2, 0) is 6.18 Å². The van der Waals surface area contributed by atoms with Gasteiger partial charge in [-0.15, -0.1) is 0 Å². The minimum atomic E-state index is -4.73. The number of hydrogen-bond acceptors (Lipinski definition) is 3. The Morgan fingerprint density at radius 3 is 2.37 bits per heavy atom. The number of carbonyl (C=O) groups is 1. The number of alkyl halides is 3. The van der Waals surface area contributed by atoms with Gasteiger partial charge in [0.2, 0.25) is 0 Å². The molecule has 9 heteroatoms. The van der Waals surface area contributed by atoms with Gasteiger partial charge in [-0.3, -0.25) is 4.79 Å². The summed E-state index contributed by atoms with van der Waals surface area (Å²) in [5.74, 6) is -0.669. The molecule has 0 unspecified atom stereocenters. The highest BCUT2D eigenvalue weighted by atomic mass is 35.5. The van der Waals surface area contributed by atoms with E-state index in [1.165, 1.54) is 29.2 Å². The Hall–Kier alpha value is -2.06. The molecule has 1 aromatic heterocycles. The van der Waals surface area contributed by atoms with Crippen molar-refractivity contribution in [3.63, 3.8) is 0 Å². The van der Waals surface area contributed by atoms with Crippen molar-refractivity contribution in [2.24, 2.45) is 0 Å². The molecule has 2 heterocycles. The van der Waals surface area contributed by atoms with Gasteiger partial charge in [0.25, 0.3) is 5.91 Å². The maximum atomic E-state index is 13.8. The van der Waals surface area contributed by atoms with Gasteiger partial charge in [-0.05, 0) is 57.2 Å². The molecular formula is C18H20ClF3N4O. The minimum absolute atomic E-state index is 0.0892. The van der Waals surface area contributed by atoms with Crippen LogP contribution in [0, 0.1) is 0 Å². The van der Waals surface area contributed by atoms with Crippen molar-refractivity contribution < 1.29 is 18.0 Å². The average Bonchev–Trinajstić information content (AvgIpc) is 3.07. The van der Waals surface area contributed by atoms with Crippen molar-refractivity contribution in [1.82, 2.24) is 19.6 Å². The number of aromatic nitrogens is 2. The van der Waals surface area contributed by atoms with E-state index in [1.807, 2.05) is 7.05 Å². The molecule has 0 N–H and O–H groups in total. The summed E-state index contributed by atoms with van der Waals surface area (Å²) in [6.07, 6.45) is -2.28. The fourth-order valence-electron chi connectivity index (χ4n) is 3.29. The Balaban J connectivity index is 1.95. The molecule has 1 saturated heterocycles. The van der Waals surface area contributed by atoms with Crippen LogP contribution in [0.2, 0.25) is 5.02 Å². The van der Waals surface area contributed by atoms with Gasteiger partial charge in [-0.2, -0.15) is 18.3 Å². The fraction of sp³-hybridized carbons (Fsp3) is 0.444. The zero-order valence-electron chi connectivity index (χ0n) is 15.0. The second-order valence-electron chi connectivity index (χ2n) is 6.74. The summed E-state index contributed by atoms with van der Waals surface area (Å²) in [6.45, 7) is 1.61. The first-order chi connectivity index (χ1) is 12.7. The quantitative estimate of drug-likeness (QED) is 0.788. The number of carbonyl (C=O) groups excluding carboxylic acids is 1. The normalized spacial score (nSPS) is 16.5. The standard InChI is InChI=1S/C18H20ClF3N4O/c1-24-9-7-13(8-10-24)25(2)17(27)15-11-23-26(16(15)18(20,21)22)14-5-3-12(19)4-6-14/h3-6,11,13H,7-10H2,1-2H3. The van der Waals surface area contributed by atoms with Crippen LogP contribution in [0.15, 0.2) is 30.5 Å². The van der Waals surface area contributed by atoms with Crippen molar-refractivity contribution in [2.75, 3.05) is 27.2 Å². The van der Waals surface area contributed by atoms with E-state index in [0.717, 1.165) is 36.8 Å². The van der Waals surface area contributed by atoms with Crippen molar-refractivity contribution in [3.05, 3.63) is 46.7 Å². The predicted molar refractivity (Wildman–Crippen MR) is 96.2 cm³/mol. The predicted octanol–water partition coefficient (Wildman–Crippen LogP) is 3.71. The van der Waals surface area contributed by atoms with E-state index in [0.29, 0.717) is 5.02 Å². The number of rotatable bonds is 3. The summed E-state index contributed by atoms with van der Waals surface area (Å²) < 4.78 is 42.0. The first-order valence-electron chi connectivity index (χ1n) is 8.55. The monoisotopic (exact) mass is 400 g/mol. The molecule has 0 atom stereocenters. The molecule has 5 nitrogen and oxygen atoms in total. The summed E-state index contributed by atoms with van der Waals surface area (Å²) in [5, 5.41) is 4.24. The molecule has 146 valence electrons. The first kappa shape index (κ1) is 19.7. The Bertz CT molecular complexity index is 811. The highest BCUT2D eigenvalue weighted by Gasteiger charge is 2.41. The van der Waals surface area contributed by atoms with Crippen molar-refractivity contribution >= 4 is 17.5 Å². The molecule has 3 rings (SSSR count). The molecule has 27 heavy (non-hydrogen) atoms. The molecule has 1 aromatic carbocycles. The number of amides is 1. The summed E-state index contributed by atoms with van der Waals surface area (Å²) in [5.41, 5.74) is -1.33. The van der Waals surface area contributed by atoms with Crippen LogP contribution in [0.25, 0.3) is 5.69 Å². The van der Waals surface area contributed by atoms with Gasteiger partial charge >= 0.3 is 6.18 Å². The van der Waals surface area contributed by atoms with Crippen LogP contribution in [0.4, 0.5) is 13.2 Å². The lowest BCUT2D eigenvalue weighted by Crippen LogP contribution is -2.44. The van der Waals surface area contributed by atoms with E-state index in [2.05, 4.69) is 10.00 Å². The third-order valence-electron chi connectivity index (χ3n) is 4.90. The second-order valence-corrected chi connectivity index (χ2v) is 7.18. The van der Waals surface area contributed by atoms with Gasteiger partial charge in [0.05, 0.1) is 17.4 Å². The highest BCUT2D eigenvalue weighted by Crippen LogP contribution is 2.34. The summed E-state index contributed by atoms with van der Waals surface area (Å²) in [6, 6.07) is 5.73. The molecule has 1 amide bonds. The molecule has 0 saturated carbocycles. The smallest absolute Gasteiger partial charge is 0.339 e. The molecule has 1 aliphatic rings. The van der Waals surface area contributed by atoms with Crippen LogP contribution in [0.1, 0.15) is 28.9 Å². The molecule has 0 spiro atoms. The Kier molecular flexibility index (Phi) is 5.48. The molecule has 1 fully saturated rings. The van der Waals surface area contributed by atoms with E-state index < -0.39 is 23.3 Å². The van der Waals surface area contributed by atoms with Crippen LogP contribution in [0.5, 0.6) is 0 Å². The molecule has 0 aliphatic carbocycles. The lowest BCUT2D eigenvalue weighted by atomic mass is 10.0. The van der Waals surface area contributed by atoms with Gasteiger partial charge in [0.15, 0.2) is 5.69 Å². The second kappa shape index (κ2) is 7.52. The van der Waals surface area contributed by atoms with Crippen LogP contribution in [-0.4, -0.2) is 58.7 Å². The van der Waals surface area contributed by atoms with Crippen LogP contribution < -0.4 is 0 Å². The van der Waals surface area contributed by atoms with E-state index >= 15 is 0 Å². The number of halogens is 4. The number of likely N-dealkylation sites (tertiary alicyclic amines) is 1. The summed E-state index contributed by atoms with van der Waals surface area (Å²) >= 11 is 5.81. The number of piperidine rings is 1. The maximum Gasteiger partial charge on any atom is 0.434 e. The molecule has 0 radical (unpaired) electrons. The SMILES string of the molecule is CN1CCC(N(C)C(=O)c2cnn(-c3ccc(Cl)cc3)c2C(F)(F)F)CC1. The maximum absolute atomic E-state index is 13.8. The first-order valence-corrected chi connectivity index (χ1v) is 8.93. The van der Waals surface area contributed by atoms with E-state index in [9.17, 15) is 18.0 Å². The average molecular weight is 401 g/mol. The van der Waals surface area contributed by atoms with E-state index in [-0.39, 0.29) is 11.7 Å². The van der Waals surface area contributed by atoms with Gasteiger partial charge < -0.3 is 9.80 Å². The molecular weight excluding hydrogens is 381 g/mol. The van der Waals surface area contributed by atoms with Gasteiger partial charge in [0, 0.05) is 18.1 Å². The zero-order chi connectivity index (χ0) is 19.8. The third-order valence-corrected chi connectivity index (χ3v) is 5.15. The lowest BCUT2D eigenvalue weighted by Gasteiger charge is -2.35. The highest BCUT2D eigenvalue weighted by molar-refractivity contribution is 6.30. The molecule has 2 aromatic rings. The third kappa shape index (κ3) is 4.11. The largest absolute Gasteiger partial charge is 0.434 e. The van der Waals surface area contributed by atoms with Crippen LogP contribution in [0.3, 0.4) is 0 Å². The van der Waals surface area contributed by atoms with Gasteiger partial charge in [-0.25, -0.2) is 4.68 Å². The van der Waals surface area contributed by atoms with Crippen LogP contribution >= 0.6 is 11.6 Å². The number of nitrogens with zero attached hydrogens (tertiary/aromatic N) is 4. The van der Waals surface area contributed by atoms with Crippen molar-refractivity contribution in [2.45, 2.75) is 25.1 Å². The Morgan fingerprint density at radius 1 is 1.22 bits per heavy atom. The van der Waals surface area contributed by atoms with E-state index in [4.69, 9.17) is 11.6 Å². The summed E-state index contributed by atoms with van der Waals surface area (Å²) in [7, 11) is 3.54. The fourth-order valence-corrected chi connectivity index (χ4v) is 3.42. The van der Waals surface area contributed by atoms with Gasteiger partial charge in [-0.1, -0.05) is 11.6 Å². The number of hydrogen-bond donors (Lipinski definition) is 0. The number of benzene rings is 1. The zero-order valence-corrected chi connectivity index (χ0v) is 15.8. The summed E-state index contributed by atoms with van der Waals surface area (Å²) in [4.78, 5) is 16.4. The Labute approximate surface area is 160 Å². The Morgan fingerprint density at radius 2 is 1.81 bits per heavy atom. The topological polar surface area (TPSA) is 41.4 Å². The van der Waals surface area contributed by atoms with E-state index in [1.54, 1.807) is 7.05 Å². The van der Waals surface area contributed by atoms with Gasteiger partial charge in [0.1, 0.15) is 0 Å².